The predicted octanol–water partition coefficient (Wildman–Crippen LogP) is 3.09. The normalized spacial score (nSPS) is 12.1. The van der Waals surface area contributed by atoms with Gasteiger partial charge in [-0.1, -0.05) is 51.1 Å². The van der Waals surface area contributed by atoms with Gasteiger partial charge in [0.15, 0.2) is 11.5 Å². The number of hydrogen-bond acceptors (Lipinski definition) is 6. The SMILES string of the molecule is CCC(C(=O)NCC(C)C)N(CCc1ccccc1)C(=O)CN(c1ccc(OC)c(OC)c1)S(C)(=O)=O. The number of carbonyl (C=O) groups excluding carboxylic acids is 2. The molecule has 0 bridgehead atoms. The summed E-state index contributed by atoms with van der Waals surface area (Å²) in [5, 5.41) is 2.91. The molecule has 0 radical (unpaired) electrons. The van der Waals surface area contributed by atoms with E-state index in [9.17, 15) is 18.0 Å². The minimum absolute atomic E-state index is 0.251. The fourth-order valence-corrected chi connectivity index (χ4v) is 4.75. The maximum Gasteiger partial charge on any atom is 0.244 e. The summed E-state index contributed by atoms with van der Waals surface area (Å²) in [5.74, 6) is 0.294. The Labute approximate surface area is 220 Å². The molecule has 1 N–H and O–H groups in total. The molecule has 0 aromatic heterocycles. The van der Waals surface area contributed by atoms with Crippen molar-refractivity contribution in [2.24, 2.45) is 5.92 Å². The number of nitrogens with zero attached hydrogens (tertiary/aromatic N) is 2. The minimum Gasteiger partial charge on any atom is -0.493 e. The van der Waals surface area contributed by atoms with Gasteiger partial charge >= 0.3 is 0 Å². The quantitative estimate of drug-likeness (QED) is 0.400. The van der Waals surface area contributed by atoms with Gasteiger partial charge in [-0.25, -0.2) is 8.42 Å². The highest BCUT2D eigenvalue weighted by Gasteiger charge is 2.31. The van der Waals surface area contributed by atoms with Gasteiger partial charge in [0.05, 0.1) is 26.2 Å². The maximum atomic E-state index is 13.7. The highest BCUT2D eigenvalue weighted by molar-refractivity contribution is 7.92. The Morgan fingerprint density at radius 3 is 2.19 bits per heavy atom. The summed E-state index contributed by atoms with van der Waals surface area (Å²) in [7, 11) is -0.913. The van der Waals surface area contributed by atoms with Crippen molar-refractivity contribution in [1.82, 2.24) is 10.2 Å². The lowest BCUT2D eigenvalue weighted by molar-refractivity contribution is -0.139. The van der Waals surface area contributed by atoms with E-state index in [1.54, 1.807) is 12.1 Å². The van der Waals surface area contributed by atoms with Gasteiger partial charge in [0.25, 0.3) is 0 Å². The summed E-state index contributed by atoms with van der Waals surface area (Å²) in [5.41, 5.74) is 1.27. The number of methoxy groups -OCH3 is 2. The summed E-state index contributed by atoms with van der Waals surface area (Å²) in [6.07, 6.45) is 1.95. The van der Waals surface area contributed by atoms with Crippen LogP contribution in [0.4, 0.5) is 5.69 Å². The summed E-state index contributed by atoms with van der Waals surface area (Å²) in [6, 6.07) is 13.6. The van der Waals surface area contributed by atoms with Gasteiger partial charge in [-0.3, -0.25) is 13.9 Å². The number of rotatable bonds is 14. The second-order valence-electron chi connectivity index (χ2n) is 9.19. The molecule has 0 aliphatic carbocycles. The van der Waals surface area contributed by atoms with Crippen molar-refractivity contribution >= 4 is 27.5 Å². The maximum absolute atomic E-state index is 13.7. The Bertz CT molecular complexity index is 1140. The van der Waals surface area contributed by atoms with Gasteiger partial charge in [0, 0.05) is 19.2 Å². The molecule has 204 valence electrons. The molecule has 0 fully saturated rings. The van der Waals surface area contributed by atoms with E-state index < -0.39 is 28.5 Å². The molecule has 0 aliphatic rings. The van der Waals surface area contributed by atoms with Crippen LogP contribution in [0.3, 0.4) is 0 Å². The van der Waals surface area contributed by atoms with Crippen molar-refractivity contribution in [1.29, 1.82) is 0 Å². The van der Waals surface area contributed by atoms with Gasteiger partial charge in [0.1, 0.15) is 12.6 Å². The van der Waals surface area contributed by atoms with Crippen molar-refractivity contribution in [3.8, 4) is 11.5 Å². The summed E-state index contributed by atoms with van der Waals surface area (Å²) in [6.45, 7) is 6.11. The average molecular weight is 534 g/mol. The van der Waals surface area contributed by atoms with Gasteiger partial charge in [-0.2, -0.15) is 0 Å². The number of sulfonamides is 1. The Balaban J connectivity index is 2.40. The Kier molecular flexibility index (Phi) is 11.2. The van der Waals surface area contributed by atoms with Crippen LogP contribution < -0.4 is 19.1 Å². The molecule has 0 saturated heterocycles. The predicted molar refractivity (Wildman–Crippen MR) is 146 cm³/mol. The van der Waals surface area contributed by atoms with E-state index >= 15 is 0 Å². The molecule has 9 nitrogen and oxygen atoms in total. The smallest absolute Gasteiger partial charge is 0.244 e. The van der Waals surface area contributed by atoms with Crippen LogP contribution in [0.2, 0.25) is 0 Å². The van der Waals surface area contributed by atoms with E-state index in [4.69, 9.17) is 9.47 Å². The summed E-state index contributed by atoms with van der Waals surface area (Å²) < 4.78 is 37.1. The number of anilines is 1. The van der Waals surface area contributed by atoms with Gasteiger partial charge < -0.3 is 19.7 Å². The number of hydrogen-bond donors (Lipinski definition) is 1. The third-order valence-electron chi connectivity index (χ3n) is 5.89. The number of ether oxygens (including phenoxy) is 2. The lowest BCUT2D eigenvalue weighted by atomic mass is 10.1. The second-order valence-corrected chi connectivity index (χ2v) is 11.1. The van der Waals surface area contributed by atoms with Crippen molar-refractivity contribution in [3.05, 3.63) is 54.1 Å². The number of carbonyl (C=O) groups is 2. The van der Waals surface area contributed by atoms with Gasteiger partial charge in [0.2, 0.25) is 21.8 Å². The first-order chi connectivity index (χ1) is 17.5. The lowest BCUT2D eigenvalue weighted by Crippen LogP contribution is -2.53. The molecule has 10 heteroatoms. The molecule has 2 rings (SSSR count). The lowest BCUT2D eigenvalue weighted by Gasteiger charge is -2.33. The number of nitrogens with one attached hydrogen (secondary N) is 1. The molecule has 37 heavy (non-hydrogen) atoms. The molecule has 2 aromatic rings. The van der Waals surface area contributed by atoms with Crippen molar-refractivity contribution in [2.45, 2.75) is 39.7 Å². The zero-order valence-corrected chi connectivity index (χ0v) is 23.4. The first-order valence-electron chi connectivity index (χ1n) is 12.3. The third kappa shape index (κ3) is 8.66. The molecule has 0 spiro atoms. The van der Waals surface area contributed by atoms with E-state index in [2.05, 4.69) is 5.32 Å². The summed E-state index contributed by atoms with van der Waals surface area (Å²) >= 11 is 0. The zero-order chi connectivity index (χ0) is 27.6. The minimum atomic E-state index is -3.84. The van der Waals surface area contributed by atoms with E-state index in [0.29, 0.717) is 30.9 Å². The van der Waals surface area contributed by atoms with Gasteiger partial charge in [-0.15, -0.1) is 0 Å². The van der Waals surface area contributed by atoms with Crippen LogP contribution in [-0.4, -0.2) is 71.3 Å². The van der Waals surface area contributed by atoms with Crippen LogP contribution in [0.1, 0.15) is 32.8 Å². The van der Waals surface area contributed by atoms with E-state index in [0.717, 1.165) is 16.1 Å². The highest BCUT2D eigenvalue weighted by Crippen LogP contribution is 2.32. The molecule has 0 aliphatic heterocycles. The van der Waals surface area contributed by atoms with Crippen molar-refractivity contribution < 1.29 is 27.5 Å². The molecule has 2 aromatic carbocycles. The Morgan fingerprint density at radius 1 is 1.00 bits per heavy atom. The van der Waals surface area contributed by atoms with Crippen molar-refractivity contribution in [2.75, 3.05) is 44.4 Å². The molecular formula is C27H39N3O6S. The Morgan fingerprint density at radius 2 is 1.65 bits per heavy atom. The van der Waals surface area contributed by atoms with E-state index in [1.807, 2.05) is 51.1 Å². The second kappa shape index (κ2) is 13.9. The van der Waals surface area contributed by atoms with Crippen LogP contribution in [0, 0.1) is 5.92 Å². The molecule has 1 atom stereocenters. The Hall–Kier alpha value is -3.27. The summed E-state index contributed by atoms with van der Waals surface area (Å²) in [4.78, 5) is 28.3. The average Bonchev–Trinajstić information content (AvgIpc) is 2.87. The van der Waals surface area contributed by atoms with Crippen molar-refractivity contribution in [3.63, 3.8) is 0 Å². The fourth-order valence-electron chi connectivity index (χ4n) is 3.91. The number of benzene rings is 2. The van der Waals surface area contributed by atoms with E-state index in [1.165, 1.54) is 25.2 Å². The first-order valence-corrected chi connectivity index (χ1v) is 14.2. The topological polar surface area (TPSA) is 105 Å². The number of amides is 2. The zero-order valence-electron chi connectivity index (χ0n) is 22.6. The largest absolute Gasteiger partial charge is 0.493 e. The van der Waals surface area contributed by atoms with Crippen LogP contribution in [0.15, 0.2) is 48.5 Å². The van der Waals surface area contributed by atoms with E-state index in [-0.39, 0.29) is 24.1 Å². The molecule has 0 heterocycles. The van der Waals surface area contributed by atoms with Crippen LogP contribution >= 0.6 is 0 Å². The molecular weight excluding hydrogens is 494 g/mol. The van der Waals surface area contributed by atoms with Gasteiger partial charge in [-0.05, 0) is 36.5 Å². The molecule has 1 unspecified atom stereocenters. The third-order valence-corrected chi connectivity index (χ3v) is 7.03. The first kappa shape index (κ1) is 30.0. The monoisotopic (exact) mass is 533 g/mol. The van der Waals surface area contributed by atoms with Crippen LogP contribution in [0.25, 0.3) is 0 Å². The van der Waals surface area contributed by atoms with Crippen LogP contribution in [-0.2, 0) is 26.0 Å². The standard InChI is InChI=1S/C27H39N3O6S/c1-7-23(27(32)28-18-20(2)3)29(16-15-21-11-9-8-10-12-21)26(31)19-30(37(6,33)34)22-13-14-24(35-4)25(17-22)36-5/h8-14,17,20,23H,7,15-16,18-19H2,1-6H3,(H,28,32). The fraction of sp³-hybridized carbons (Fsp3) is 0.481. The van der Waals surface area contributed by atoms with Crippen LogP contribution in [0.5, 0.6) is 11.5 Å². The highest BCUT2D eigenvalue weighted by atomic mass is 32.2. The molecule has 0 saturated carbocycles. The molecule has 2 amide bonds.